The summed E-state index contributed by atoms with van der Waals surface area (Å²) >= 11 is 0. The van der Waals surface area contributed by atoms with Gasteiger partial charge in [0, 0.05) is 17.8 Å². The maximum atomic E-state index is 12.4. The lowest BCUT2D eigenvalue weighted by atomic mass is 9.96. The molecule has 0 saturated carbocycles. The van der Waals surface area contributed by atoms with E-state index < -0.39 is 5.97 Å². The predicted molar refractivity (Wildman–Crippen MR) is 108 cm³/mol. The number of nitrogens with zero attached hydrogens (tertiary/aromatic N) is 2. The molecule has 1 aliphatic heterocycles. The molecule has 1 aliphatic rings. The number of carbonyl (C=O) groups excluding carboxylic acids is 3. The Labute approximate surface area is 169 Å². The Hall–Kier alpha value is -3.26. The molecule has 29 heavy (non-hydrogen) atoms. The second-order valence-electron chi connectivity index (χ2n) is 6.87. The summed E-state index contributed by atoms with van der Waals surface area (Å²) < 4.78 is 4.65. The Balaban J connectivity index is 1.42. The Kier molecular flexibility index (Phi) is 6.91. The third-order valence-corrected chi connectivity index (χ3v) is 4.83. The fourth-order valence-corrected chi connectivity index (χ4v) is 3.23. The van der Waals surface area contributed by atoms with Crippen LogP contribution in [0.2, 0.25) is 0 Å². The molecule has 2 N–H and O–H groups in total. The summed E-state index contributed by atoms with van der Waals surface area (Å²) in [4.78, 5) is 42.2. The largest absolute Gasteiger partial charge is 0.465 e. The Morgan fingerprint density at radius 3 is 2.41 bits per heavy atom. The number of likely N-dealkylation sites (tertiary alicyclic amines) is 1. The number of pyridine rings is 1. The van der Waals surface area contributed by atoms with Crippen LogP contribution in [-0.2, 0) is 14.3 Å². The van der Waals surface area contributed by atoms with E-state index >= 15 is 0 Å². The molecule has 0 bridgehead atoms. The predicted octanol–water partition coefficient (Wildman–Crippen LogP) is 2.16. The first-order valence-electron chi connectivity index (χ1n) is 9.47. The molecular weight excluding hydrogens is 372 g/mol. The number of carbonyl (C=O) groups is 3. The van der Waals surface area contributed by atoms with E-state index in [0.29, 0.717) is 43.0 Å². The number of piperidine rings is 1. The van der Waals surface area contributed by atoms with E-state index in [0.717, 1.165) is 0 Å². The SMILES string of the molecule is COC(=O)c1ccc(NC(=O)CN2CCC(C(=O)Nc3ccccn3)CC2)cc1. The number of esters is 1. The van der Waals surface area contributed by atoms with E-state index in [2.05, 4.69) is 20.4 Å². The van der Waals surface area contributed by atoms with Gasteiger partial charge in [-0.25, -0.2) is 9.78 Å². The molecular formula is C21H24N4O4. The second kappa shape index (κ2) is 9.79. The van der Waals surface area contributed by atoms with Crippen molar-refractivity contribution >= 4 is 29.3 Å². The molecule has 1 aromatic carbocycles. The molecule has 2 aromatic rings. The first-order valence-corrected chi connectivity index (χ1v) is 9.47. The molecule has 1 fully saturated rings. The summed E-state index contributed by atoms with van der Waals surface area (Å²) in [6.07, 6.45) is 3.03. The summed E-state index contributed by atoms with van der Waals surface area (Å²) in [6, 6.07) is 11.9. The quantitative estimate of drug-likeness (QED) is 0.726. The molecule has 1 saturated heterocycles. The zero-order valence-corrected chi connectivity index (χ0v) is 16.3. The van der Waals surface area contributed by atoms with Crippen molar-refractivity contribution in [3.63, 3.8) is 0 Å². The lowest BCUT2D eigenvalue weighted by Gasteiger charge is -2.30. The number of hydrogen-bond acceptors (Lipinski definition) is 6. The minimum absolute atomic E-state index is 0.0292. The average molecular weight is 396 g/mol. The minimum Gasteiger partial charge on any atom is -0.465 e. The normalized spacial score (nSPS) is 14.8. The van der Waals surface area contributed by atoms with Gasteiger partial charge in [0.25, 0.3) is 0 Å². The number of amides is 2. The van der Waals surface area contributed by atoms with Gasteiger partial charge in [-0.1, -0.05) is 6.07 Å². The molecule has 2 heterocycles. The fourth-order valence-electron chi connectivity index (χ4n) is 3.23. The van der Waals surface area contributed by atoms with Crippen molar-refractivity contribution < 1.29 is 19.1 Å². The van der Waals surface area contributed by atoms with Gasteiger partial charge < -0.3 is 15.4 Å². The maximum absolute atomic E-state index is 12.4. The maximum Gasteiger partial charge on any atom is 0.337 e. The summed E-state index contributed by atoms with van der Waals surface area (Å²) in [5, 5.41) is 5.66. The van der Waals surface area contributed by atoms with E-state index in [-0.39, 0.29) is 24.3 Å². The van der Waals surface area contributed by atoms with Gasteiger partial charge in [0.15, 0.2) is 0 Å². The topological polar surface area (TPSA) is 101 Å². The van der Waals surface area contributed by atoms with E-state index in [4.69, 9.17) is 0 Å². The molecule has 1 aromatic heterocycles. The Bertz CT molecular complexity index is 847. The van der Waals surface area contributed by atoms with Crippen LogP contribution in [0.25, 0.3) is 0 Å². The molecule has 0 atom stereocenters. The van der Waals surface area contributed by atoms with Crippen LogP contribution in [0.15, 0.2) is 48.7 Å². The van der Waals surface area contributed by atoms with Crippen molar-refractivity contribution in [2.45, 2.75) is 12.8 Å². The first-order chi connectivity index (χ1) is 14.0. The summed E-state index contributed by atoms with van der Waals surface area (Å²) in [6.45, 7) is 1.61. The van der Waals surface area contributed by atoms with Crippen molar-refractivity contribution in [1.82, 2.24) is 9.88 Å². The van der Waals surface area contributed by atoms with Crippen LogP contribution in [0.1, 0.15) is 23.2 Å². The second-order valence-corrected chi connectivity index (χ2v) is 6.87. The van der Waals surface area contributed by atoms with Crippen LogP contribution >= 0.6 is 0 Å². The van der Waals surface area contributed by atoms with E-state index in [9.17, 15) is 14.4 Å². The Morgan fingerprint density at radius 1 is 1.07 bits per heavy atom. The van der Waals surface area contributed by atoms with E-state index in [1.807, 2.05) is 11.0 Å². The highest BCUT2D eigenvalue weighted by atomic mass is 16.5. The zero-order valence-electron chi connectivity index (χ0n) is 16.3. The number of aromatic nitrogens is 1. The summed E-state index contributed by atoms with van der Waals surface area (Å²) in [7, 11) is 1.32. The molecule has 0 radical (unpaired) electrons. The lowest BCUT2D eigenvalue weighted by molar-refractivity contribution is -0.121. The van der Waals surface area contributed by atoms with Gasteiger partial charge in [0.2, 0.25) is 11.8 Å². The molecule has 8 heteroatoms. The third kappa shape index (κ3) is 5.86. The molecule has 0 unspecified atom stereocenters. The minimum atomic E-state index is -0.419. The van der Waals surface area contributed by atoms with E-state index in [1.165, 1.54) is 7.11 Å². The number of hydrogen-bond donors (Lipinski definition) is 2. The highest BCUT2D eigenvalue weighted by Crippen LogP contribution is 2.19. The highest BCUT2D eigenvalue weighted by Gasteiger charge is 2.26. The number of rotatable bonds is 6. The molecule has 3 rings (SSSR count). The standard InChI is InChI=1S/C21H24N4O4/c1-29-21(28)16-5-7-17(8-6-16)23-19(26)14-25-12-9-15(10-13-25)20(27)24-18-4-2-3-11-22-18/h2-8,11,15H,9-10,12-14H2,1H3,(H,23,26)(H,22,24,27). The fraction of sp³-hybridized carbons (Fsp3) is 0.333. The van der Waals surface area contributed by atoms with Gasteiger partial charge >= 0.3 is 5.97 Å². The highest BCUT2D eigenvalue weighted by molar-refractivity contribution is 5.94. The number of benzene rings is 1. The van der Waals surface area contributed by atoms with Gasteiger partial charge in [-0.05, 0) is 62.3 Å². The van der Waals surface area contributed by atoms with Crippen molar-refractivity contribution in [2.24, 2.45) is 5.92 Å². The van der Waals surface area contributed by atoms with E-state index in [1.54, 1.807) is 42.6 Å². The van der Waals surface area contributed by atoms with Crippen LogP contribution in [0.3, 0.4) is 0 Å². The number of nitrogens with one attached hydrogen (secondary N) is 2. The number of methoxy groups -OCH3 is 1. The van der Waals surface area contributed by atoms with Gasteiger partial charge in [-0.3, -0.25) is 14.5 Å². The van der Waals surface area contributed by atoms with Crippen LogP contribution < -0.4 is 10.6 Å². The van der Waals surface area contributed by atoms with Crippen LogP contribution in [0, 0.1) is 5.92 Å². The number of anilines is 2. The van der Waals surface area contributed by atoms with Gasteiger partial charge in [0.1, 0.15) is 5.82 Å². The smallest absolute Gasteiger partial charge is 0.337 e. The first kappa shape index (κ1) is 20.5. The van der Waals surface area contributed by atoms with Crippen molar-refractivity contribution in [3.8, 4) is 0 Å². The zero-order chi connectivity index (χ0) is 20.6. The molecule has 0 aliphatic carbocycles. The van der Waals surface area contributed by atoms with Gasteiger partial charge in [-0.2, -0.15) is 0 Å². The van der Waals surface area contributed by atoms with Gasteiger partial charge in [-0.15, -0.1) is 0 Å². The molecule has 8 nitrogen and oxygen atoms in total. The van der Waals surface area contributed by atoms with Crippen molar-refractivity contribution in [1.29, 1.82) is 0 Å². The van der Waals surface area contributed by atoms with Crippen molar-refractivity contribution in [2.75, 3.05) is 37.4 Å². The van der Waals surface area contributed by atoms with Crippen LogP contribution in [0.4, 0.5) is 11.5 Å². The number of ether oxygens (including phenoxy) is 1. The van der Waals surface area contributed by atoms with Gasteiger partial charge in [0.05, 0.1) is 19.2 Å². The molecule has 152 valence electrons. The molecule has 2 amide bonds. The lowest BCUT2D eigenvalue weighted by Crippen LogP contribution is -2.41. The van der Waals surface area contributed by atoms with Crippen LogP contribution in [-0.4, -0.2) is 54.4 Å². The average Bonchev–Trinajstić information content (AvgIpc) is 2.75. The van der Waals surface area contributed by atoms with Crippen LogP contribution in [0.5, 0.6) is 0 Å². The summed E-state index contributed by atoms with van der Waals surface area (Å²) in [5.74, 6) is -0.108. The monoisotopic (exact) mass is 396 g/mol. The summed E-state index contributed by atoms with van der Waals surface area (Å²) in [5.41, 5.74) is 1.05. The third-order valence-electron chi connectivity index (χ3n) is 4.83. The molecule has 0 spiro atoms. The Morgan fingerprint density at radius 2 is 1.79 bits per heavy atom. The van der Waals surface area contributed by atoms with Crippen molar-refractivity contribution in [3.05, 3.63) is 54.2 Å².